The van der Waals surface area contributed by atoms with E-state index in [2.05, 4.69) is 4.72 Å². The molecule has 1 saturated heterocycles. The molecule has 0 spiro atoms. The second kappa shape index (κ2) is 5.44. The molecule has 1 amide bonds. The van der Waals surface area contributed by atoms with E-state index >= 15 is 0 Å². The fraction of sp³-hybridized carbons (Fsp3) is 0.909. The zero-order valence-electron chi connectivity index (χ0n) is 11.4. The molecule has 0 aliphatic carbocycles. The van der Waals surface area contributed by atoms with Crippen LogP contribution in [-0.2, 0) is 14.8 Å². The third-order valence-electron chi connectivity index (χ3n) is 2.58. The van der Waals surface area contributed by atoms with E-state index in [0.717, 1.165) is 0 Å². The molecule has 7 heteroatoms. The van der Waals surface area contributed by atoms with E-state index in [1.54, 1.807) is 27.7 Å². The molecule has 1 heterocycles. The van der Waals surface area contributed by atoms with Crippen molar-refractivity contribution in [2.24, 2.45) is 0 Å². The number of ether oxygens (including phenoxy) is 1. The number of carbonyl (C=O) groups excluding carboxylic acids is 1. The van der Waals surface area contributed by atoms with Crippen molar-refractivity contribution in [3.05, 3.63) is 0 Å². The minimum Gasteiger partial charge on any atom is -0.444 e. The van der Waals surface area contributed by atoms with Gasteiger partial charge in [0.25, 0.3) is 0 Å². The Hall–Kier alpha value is -0.820. The highest BCUT2D eigenvalue weighted by atomic mass is 32.2. The van der Waals surface area contributed by atoms with Crippen molar-refractivity contribution in [2.75, 3.05) is 19.6 Å². The van der Waals surface area contributed by atoms with Crippen molar-refractivity contribution >= 4 is 16.1 Å². The van der Waals surface area contributed by atoms with Crippen LogP contribution in [0.1, 0.15) is 34.1 Å². The lowest BCUT2D eigenvalue weighted by Crippen LogP contribution is -2.39. The van der Waals surface area contributed by atoms with Gasteiger partial charge in [-0.15, -0.1) is 0 Å². The van der Waals surface area contributed by atoms with Crippen LogP contribution in [0.4, 0.5) is 4.79 Å². The van der Waals surface area contributed by atoms with Crippen molar-refractivity contribution in [1.29, 1.82) is 0 Å². The number of hydrogen-bond donors (Lipinski definition) is 1. The Bertz CT molecular complexity index is 400. The van der Waals surface area contributed by atoms with Crippen LogP contribution in [0.25, 0.3) is 0 Å². The first-order valence-electron chi connectivity index (χ1n) is 6.12. The van der Waals surface area contributed by atoms with Crippen molar-refractivity contribution in [3.63, 3.8) is 0 Å². The molecule has 0 radical (unpaired) electrons. The lowest BCUT2D eigenvalue weighted by molar-refractivity contribution is 0.0295. The molecule has 1 fully saturated rings. The minimum absolute atomic E-state index is 0.199. The molecule has 1 aliphatic heterocycles. The SMILES string of the molecule is CCNS(=O)(=O)[C@@H]1CCN(C(=O)OC(C)(C)C)C1. The Balaban J connectivity index is 2.59. The molecule has 18 heavy (non-hydrogen) atoms. The molecule has 0 bridgehead atoms. The predicted octanol–water partition coefficient (Wildman–Crippen LogP) is 0.935. The molecule has 1 atom stereocenters. The summed E-state index contributed by atoms with van der Waals surface area (Å²) in [4.78, 5) is 13.2. The van der Waals surface area contributed by atoms with Gasteiger partial charge in [0, 0.05) is 19.6 Å². The summed E-state index contributed by atoms with van der Waals surface area (Å²) in [5.41, 5.74) is -0.560. The maximum Gasteiger partial charge on any atom is 0.410 e. The number of nitrogens with zero attached hydrogens (tertiary/aromatic N) is 1. The summed E-state index contributed by atoms with van der Waals surface area (Å²) >= 11 is 0. The Labute approximate surface area is 109 Å². The molecule has 0 aromatic carbocycles. The van der Waals surface area contributed by atoms with Crippen LogP contribution in [0, 0.1) is 0 Å². The van der Waals surface area contributed by atoms with Crippen LogP contribution < -0.4 is 4.72 Å². The van der Waals surface area contributed by atoms with Gasteiger partial charge in [-0.1, -0.05) is 6.92 Å². The van der Waals surface area contributed by atoms with E-state index in [-0.39, 0.29) is 6.54 Å². The summed E-state index contributed by atoms with van der Waals surface area (Å²) in [6, 6.07) is 0. The summed E-state index contributed by atoms with van der Waals surface area (Å²) in [7, 11) is -3.32. The summed E-state index contributed by atoms with van der Waals surface area (Å²) in [6.45, 7) is 8.08. The number of nitrogens with one attached hydrogen (secondary N) is 1. The smallest absolute Gasteiger partial charge is 0.410 e. The fourth-order valence-corrected chi connectivity index (χ4v) is 3.22. The molecule has 0 unspecified atom stereocenters. The van der Waals surface area contributed by atoms with Crippen LogP contribution in [0.5, 0.6) is 0 Å². The first-order chi connectivity index (χ1) is 8.15. The van der Waals surface area contributed by atoms with Gasteiger partial charge in [0.2, 0.25) is 10.0 Å². The van der Waals surface area contributed by atoms with E-state index < -0.39 is 27.0 Å². The van der Waals surface area contributed by atoms with Gasteiger partial charge < -0.3 is 9.64 Å². The van der Waals surface area contributed by atoms with E-state index in [4.69, 9.17) is 4.74 Å². The Morgan fingerprint density at radius 2 is 2.06 bits per heavy atom. The van der Waals surface area contributed by atoms with Crippen molar-refractivity contribution < 1.29 is 17.9 Å². The topological polar surface area (TPSA) is 75.7 Å². The van der Waals surface area contributed by atoms with Crippen LogP contribution in [-0.4, -0.2) is 49.9 Å². The van der Waals surface area contributed by atoms with Crippen LogP contribution >= 0.6 is 0 Å². The molecular formula is C11H22N2O4S. The number of hydrogen-bond acceptors (Lipinski definition) is 4. The van der Waals surface area contributed by atoms with Gasteiger partial charge in [0.05, 0.1) is 5.25 Å². The standard InChI is InChI=1S/C11H22N2O4S/c1-5-12-18(15,16)9-6-7-13(8-9)10(14)17-11(2,3)4/h9,12H,5-8H2,1-4H3/t9-/m1/s1. The largest absolute Gasteiger partial charge is 0.444 e. The average Bonchev–Trinajstić information content (AvgIpc) is 2.63. The van der Waals surface area contributed by atoms with Crippen molar-refractivity contribution in [2.45, 2.75) is 45.0 Å². The molecule has 106 valence electrons. The Kier molecular flexibility index (Phi) is 4.61. The Morgan fingerprint density at radius 1 is 1.44 bits per heavy atom. The van der Waals surface area contributed by atoms with Gasteiger partial charge in [-0.25, -0.2) is 17.9 Å². The lowest BCUT2D eigenvalue weighted by atomic mass is 10.2. The fourth-order valence-electron chi connectivity index (χ4n) is 1.79. The third kappa shape index (κ3) is 4.13. The first-order valence-corrected chi connectivity index (χ1v) is 7.67. The lowest BCUT2D eigenvalue weighted by Gasteiger charge is -2.24. The molecule has 0 aromatic heterocycles. The average molecular weight is 278 g/mol. The van der Waals surface area contributed by atoms with E-state index in [1.165, 1.54) is 4.90 Å². The number of carbonyl (C=O) groups is 1. The number of amides is 1. The van der Waals surface area contributed by atoms with Gasteiger partial charge in [0.15, 0.2) is 0 Å². The maximum atomic E-state index is 11.8. The van der Waals surface area contributed by atoms with Gasteiger partial charge in [-0.2, -0.15) is 0 Å². The quantitative estimate of drug-likeness (QED) is 0.833. The van der Waals surface area contributed by atoms with Crippen LogP contribution in [0.2, 0.25) is 0 Å². The highest BCUT2D eigenvalue weighted by molar-refractivity contribution is 7.90. The van der Waals surface area contributed by atoms with Gasteiger partial charge >= 0.3 is 6.09 Å². The Morgan fingerprint density at radius 3 is 2.56 bits per heavy atom. The number of likely N-dealkylation sites (tertiary alicyclic amines) is 1. The number of sulfonamides is 1. The van der Waals surface area contributed by atoms with Crippen molar-refractivity contribution in [1.82, 2.24) is 9.62 Å². The molecule has 0 aromatic rings. The monoisotopic (exact) mass is 278 g/mol. The molecular weight excluding hydrogens is 256 g/mol. The van der Waals surface area contributed by atoms with E-state index in [0.29, 0.717) is 19.5 Å². The number of rotatable bonds is 3. The van der Waals surface area contributed by atoms with Crippen LogP contribution in [0.3, 0.4) is 0 Å². The molecule has 1 N–H and O–H groups in total. The summed E-state index contributed by atoms with van der Waals surface area (Å²) in [5.74, 6) is 0. The molecule has 1 rings (SSSR count). The maximum absolute atomic E-state index is 11.8. The summed E-state index contributed by atoms with van der Waals surface area (Å²) < 4.78 is 31.3. The first kappa shape index (κ1) is 15.2. The summed E-state index contributed by atoms with van der Waals surface area (Å²) in [5, 5.41) is -0.537. The predicted molar refractivity (Wildman–Crippen MR) is 68.8 cm³/mol. The normalized spacial score (nSPS) is 21.1. The second-order valence-corrected chi connectivity index (χ2v) is 7.43. The van der Waals surface area contributed by atoms with Crippen molar-refractivity contribution in [3.8, 4) is 0 Å². The zero-order chi connectivity index (χ0) is 14.0. The van der Waals surface area contributed by atoms with Crippen LogP contribution in [0.15, 0.2) is 0 Å². The highest BCUT2D eigenvalue weighted by Gasteiger charge is 2.36. The van der Waals surface area contributed by atoms with E-state index in [1.807, 2.05) is 0 Å². The minimum atomic E-state index is -3.32. The van der Waals surface area contributed by atoms with Gasteiger partial charge in [-0.3, -0.25) is 0 Å². The summed E-state index contributed by atoms with van der Waals surface area (Å²) in [6.07, 6.45) is 0.00545. The third-order valence-corrected chi connectivity index (χ3v) is 4.53. The van der Waals surface area contributed by atoms with Gasteiger partial charge in [0.1, 0.15) is 5.60 Å². The zero-order valence-corrected chi connectivity index (χ0v) is 12.2. The second-order valence-electron chi connectivity index (χ2n) is 5.38. The molecule has 0 saturated carbocycles. The highest BCUT2D eigenvalue weighted by Crippen LogP contribution is 2.19. The van der Waals surface area contributed by atoms with E-state index in [9.17, 15) is 13.2 Å². The van der Waals surface area contributed by atoms with Gasteiger partial charge in [-0.05, 0) is 27.2 Å². The molecule has 1 aliphatic rings. The molecule has 6 nitrogen and oxygen atoms in total.